The van der Waals surface area contributed by atoms with Crippen molar-refractivity contribution in [3.8, 4) is 5.75 Å². The number of nitrogens with one attached hydrogen (secondary N) is 1. The first-order valence-corrected chi connectivity index (χ1v) is 12.7. The van der Waals surface area contributed by atoms with E-state index in [0.29, 0.717) is 18.4 Å². The first-order valence-electron chi connectivity index (χ1n) is 11.9. The van der Waals surface area contributed by atoms with E-state index < -0.39 is 5.60 Å². The summed E-state index contributed by atoms with van der Waals surface area (Å²) in [7, 11) is 0. The summed E-state index contributed by atoms with van der Waals surface area (Å²) in [5.74, 6) is 1.69. The highest BCUT2D eigenvalue weighted by atomic mass is 79.9. The van der Waals surface area contributed by atoms with Gasteiger partial charge in [-0.25, -0.2) is 4.79 Å². The second kappa shape index (κ2) is 10.1. The number of carbonyl (C=O) groups is 1. The minimum atomic E-state index is -0.499. The highest BCUT2D eigenvalue weighted by molar-refractivity contribution is 9.10. The molecule has 0 radical (unpaired) electrons. The normalized spacial score (nSPS) is 23.7. The van der Waals surface area contributed by atoms with Crippen molar-refractivity contribution in [1.82, 2.24) is 10.2 Å². The van der Waals surface area contributed by atoms with Crippen LogP contribution in [0.2, 0.25) is 0 Å². The fourth-order valence-electron chi connectivity index (χ4n) is 5.06. The van der Waals surface area contributed by atoms with Gasteiger partial charge in [0.2, 0.25) is 0 Å². The van der Waals surface area contributed by atoms with Gasteiger partial charge in [-0.2, -0.15) is 0 Å². The molecule has 0 bridgehead atoms. The van der Waals surface area contributed by atoms with Gasteiger partial charge in [0.05, 0.1) is 5.54 Å². The summed E-state index contributed by atoms with van der Waals surface area (Å²) in [6, 6.07) is 18.5. The molecule has 1 amide bonds. The zero-order valence-corrected chi connectivity index (χ0v) is 21.4. The first-order chi connectivity index (χ1) is 15.7. The molecule has 1 aliphatic heterocycles. The lowest BCUT2D eigenvalue weighted by Gasteiger charge is -2.37. The molecule has 1 N–H and O–H groups in total. The Kier molecular flexibility index (Phi) is 7.34. The molecular formula is C27H35BrN2O3. The summed E-state index contributed by atoms with van der Waals surface area (Å²) in [6.07, 6.45) is 2.81. The lowest BCUT2D eigenvalue weighted by molar-refractivity contribution is 0.0441. The van der Waals surface area contributed by atoms with E-state index in [9.17, 15) is 4.79 Å². The maximum Gasteiger partial charge on any atom is 0.408 e. The number of nitrogens with zero attached hydrogens (tertiary/aromatic N) is 1. The van der Waals surface area contributed by atoms with Gasteiger partial charge < -0.3 is 14.8 Å². The van der Waals surface area contributed by atoms with Crippen molar-refractivity contribution in [3.63, 3.8) is 0 Å². The van der Waals surface area contributed by atoms with E-state index in [-0.39, 0.29) is 11.6 Å². The minimum absolute atomic E-state index is 0.205. The van der Waals surface area contributed by atoms with Crippen molar-refractivity contribution in [2.24, 2.45) is 5.92 Å². The number of hydrogen-bond acceptors (Lipinski definition) is 4. The Hall–Kier alpha value is -2.05. The van der Waals surface area contributed by atoms with Crippen LogP contribution < -0.4 is 10.1 Å². The third-order valence-electron chi connectivity index (χ3n) is 6.75. The number of amides is 1. The van der Waals surface area contributed by atoms with Gasteiger partial charge in [0.25, 0.3) is 0 Å². The molecule has 1 saturated carbocycles. The molecule has 178 valence electrons. The van der Waals surface area contributed by atoms with Crippen LogP contribution in [-0.4, -0.2) is 48.4 Å². The topological polar surface area (TPSA) is 50.8 Å². The van der Waals surface area contributed by atoms with Crippen molar-refractivity contribution in [1.29, 1.82) is 0 Å². The van der Waals surface area contributed by atoms with Gasteiger partial charge in [-0.05, 0) is 88.9 Å². The van der Waals surface area contributed by atoms with Gasteiger partial charge in [0.1, 0.15) is 18.0 Å². The van der Waals surface area contributed by atoms with Gasteiger partial charge in [-0.15, -0.1) is 0 Å². The van der Waals surface area contributed by atoms with Crippen LogP contribution in [0.1, 0.15) is 51.5 Å². The van der Waals surface area contributed by atoms with Crippen LogP contribution in [0.3, 0.4) is 0 Å². The molecule has 5 nitrogen and oxygen atoms in total. The smallest absolute Gasteiger partial charge is 0.408 e. The van der Waals surface area contributed by atoms with Crippen molar-refractivity contribution < 1.29 is 14.3 Å². The number of likely N-dealkylation sites (tertiary alicyclic amines) is 1. The number of benzene rings is 2. The Morgan fingerprint density at radius 2 is 1.76 bits per heavy atom. The number of alkyl carbamates (subject to hydrolysis) is 1. The van der Waals surface area contributed by atoms with Crippen LogP contribution in [0.25, 0.3) is 0 Å². The number of ether oxygens (including phenoxy) is 2. The molecule has 2 fully saturated rings. The standard InChI is InChI=1S/C27H35BrN2O3/c1-26(2,3)33-25(31)29-27(19-24(27)20-7-5-4-6-8-20)21-13-15-30(16-14-21)17-18-32-23-11-9-22(28)10-12-23/h4-12,21,24H,13-19H2,1-3H3,(H,29,31)/t24-,27+/m0/s1. The Morgan fingerprint density at radius 1 is 1.09 bits per heavy atom. The maximum atomic E-state index is 12.7. The molecule has 1 saturated heterocycles. The predicted octanol–water partition coefficient (Wildman–Crippen LogP) is 5.99. The van der Waals surface area contributed by atoms with Crippen LogP contribution in [-0.2, 0) is 4.74 Å². The molecule has 1 heterocycles. The third-order valence-corrected chi connectivity index (χ3v) is 7.27. The van der Waals surface area contributed by atoms with E-state index >= 15 is 0 Å². The van der Waals surface area contributed by atoms with Crippen LogP contribution >= 0.6 is 15.9 Å². The molecule has 2 aromatic rings. The Morgan fingerprint density at radius 3 is 2.39 bits per heavy atom. The summed E-state index contributed by atoms with van der Waals surface area (Å²) in [6.45, 7) is 9.37. The molecule has 6 heteroatoms. The molecule has 2 aromatic carbocycles. The van der Waals surface area contributed by atoms with Crippen LogP contribution in [0, 0.1) is 5.92 Å². The highest BCUT2D eigenvalue weighted by Gasteiger charge is 2.60. The Labute approximate surface area is 206 Å². The SMILES string of the molecule is CC(C)(C)OC(=O)N[C@@]1(C2CCN(CCOc3ccc(Br)cc3)CC2)C[C@H]1c1ccccc1. The van der Waals surface area contributed by atoms with E-state index in [2.05, 4.69) is 50.4 Å². The van der Waals surface area contributed by atoms with Gasteiger partial charge in [0.15, 0.2) is 0 Å². The first kappa shape index (κ1) is 24.1. The van der Waals surface area contributed by atoms with Gasteiger partial charge in [-0.3, -0.25) is 4.90 Å². The molecule has 2 aliphatic rings. The summed E-state index contributed by atoms with van der Waals surface area (Å²) >= 11 is 3.45. The van der Waals surface area contributed by atoms with Gasteiger partial charge in [-0.1, -0.05) is 46.3 Å². The average molecular weight is 515 g/mol. The Bertz CT molecular complexity index is 921. The third kappa shape index (κ3) is 6.30. The largest absolute Gasteiger partial charge is 0.492 e. The van der Waals surface area contributed by atoms with Crippen molar-refractivity contribution in [2.45, 2.75) is 57.1 Å². The summed E-state index contributed by atoms with van der Waals surface area (Å²) in [4.78, 5) is 15.2. The fraction of sp³-hybridized carbons (Fsp3) is 0.519. The molecule has 33 heavy (non-hydrogen) atoms. The maximum absolute atomic E-state index is 12.7. The number of rotatable bonds is 7. The van der Waals surface area contributed by atoms with E-state index in [1.54, 1.807) is 0 Å². The highest BCUT2D eigenvalue weighted by Crippen LogP contribution is 2.58. The lowest BCUT2D eigenvalue weighted by Crippen LogP contribution is -2.50. The number of hydrogen-bond donors (Lipinski definition) is 1. The van der Waals surface area contributed by atoms with Crippen LogP contribution in [0.4, 0.5) is 4.79 Å². The molecule has 4 rings (SSSR count). The number of carbonyl (C=O) groups excluding carboxylic acids is 1. The lowest BCUT2D eigenvalue weighted by atomic mass is 9.84. The molecule has 2 atom stereocenters. The van der Waals surface area contributed by atoms with Gasteiger partial charge in [0, 0.05) is 16.9 Å². The molecule has 0 spiro atoms. The fourth-order valence-corrected chi connectivity index (χ4v) is 5.32. The predicted molar refractivity (Wildman–Crippen MR) is 135 cm³/mol. The van der Waals surface area contributed by atoms with Crippen LogP contribution in [0.5, 0.6) is 5.75 Å². The monoisotopic (exact) mass is 514 g/mol. The van der Waals surface area contributed by atoms with Crippen LogP contribution in [0.15, 0.2) is 59.1 Å². The van der Waals surface area contributed by atoms with Gasteiger partial charge >= 0.3 is 6.09 Å². The zero-order chi connectivity index (χ0) is 23.5. The summed E-state index contributed by atoms with van der Waals surface area (Å²) in [5, 5.41) is 3.32. The average Bonchev–Trinajstić information content (AvgIpc) is 3.50. The molecular weight excluding hydrogens is 480 g/mol. The van der Waals surface area contributed by atoms with E-state index in [4.69, 9.17) is 9.47 Å². The molecule has 1 aliphatic carbocycles. The van der Waals surface area contributed by atoms with Crippen molar-refractivity contribution in [2.75, 3.05) is 26.2 Å². The van der Waals surface area contributed by atoms with Crippen molar-refractivity contribution >= 4 is 22.0 Å². The second-order valence-corrected chi connectivity index (χ2v) is 11.2. The van der Waals surface area contributed by atoms with Crippen molar-refractivity contribution in [3.05, 3.63) is 64.6 Å². The summed E-state index contributed by atoms with van der Waals surface area (Å²) < 4.78 is 12.6. The molecule has 0 aromatic heterocycles. The van der Waals surface area contributed by atoms with E-state index in [0.717, 1.165) is 49.1 Å². The number of halogens is 1. The number of piperidine rings is 1. The molecule has 0 unspecified atom stereocenters. The Balaban J connectivity index is 1.33. The second-order valence-electron chi connectivity index (χ2n) is 10.3. The van der Waals surface area contributed by atoms with E-state index in [1.165, 1.54) is 5.56 Å². The quantitative estimate of drug-likeness (QED) is 0.492. The zero-order valence-electron chi connectivity index (χ0n) is 19.9. The minimum Gasteiger partial charge on any atom is -0.492 e. The van der Waals surface area contributed by atoms with E-state index in [1.807, 2.05) is 51.1 Å². The summed E-state index contributed by atoms with van der Waals surface area (Å²) in [5.41, 5.74) is 0.600.